The first-order valence-electron chi connectivity index (χ1n) is 13.9. The molecule has 1 atom stereocenters. The van der Waals surface area contributed by atoms with E-state index in [0.29, 0.717) is 45.2 Å². The van der Waals surface area contributed by atoms with Gasteiger partial charge in [0.05, 0.1) is 43.1 Å². The quantitative estimate of drug-likeness (QED) is 0.133. The summed E-state index contributed by atoms with van der Waals surface area (Å²) in [7, 11) is 2.98. The van der Waals surface area contributed by atoms with Crippen molar-refractivity contribution in [1.82, 2.24) is 16.1 Å². The Kier molecular flexibility index (Phi) is 11.4. The number of hydrazone groups is 1. The molecule has 0 unspecified atom stereocenters. The second kappa shape index (κ2) is 15.6. The van der Waals surface area contributed by atoms with Gasteiger partial charge in [-0.05, 0) is 70.7 Å². The molecule has 0 aliphatic carbocycles. The average molecular weight is 682 g/mol. The number of ether oxygens (including phenoxy) is 5. The number of benzene rings is 3. The van der Waals surface area contributed by atoms with Gasteiger partial charge in [-0.1, -0.05) is 36.4 Å². The summed E-state index contributed by atoms with van der Waals surface area (Å²) in [5.41, 5.74) is 5.31. The van der Waals surface area contributed by atoms with E-state index in [4.69, 9.17) is 23.7 Å². The summed E-state index contributed by atoms with van der Waals surface area (Å²) < 4.78 is 28.4. The maximum atomic E-state index is 12.6. The van der Waals surface area contributed by atoms with Crippen LogP contribution in [0.3, 0.4) is 0 Å². The smallest absolute Gasteiger partial charge is 0.338 e. The molecular weight excluding hydrogens is 648 g/mol. The Bertz CT molecular complexity index is 1610. The van der Waals surface area contributed by atoms with Crippen LogP contribution in [0.15, 0.2) is 81.5 Å². The molecule has 0 saturated carbocycles. The minimum Gasteiger partial charge on any atom is -0.493 e. The molecule has 3 amide bonds. The number of nitrogens with zero attached hydrogens (tertiary/aromatic N) is 1. The highest BCUT2D eigenvalue weighted by molar-refractivity contribution is 9.10. The molecule has 0 radical (unpaired) electrons. The van der Waals surface area contributed by atoms with Crippen LogP contribution in [0.4, 0.5) is 4.79 Å². The zero-order valence-electron chi connectivity index (χ0n) is 25.1. The zero-order valence-corrected chi connectivity index (χ0v) is 26.7. The van der Waals surface area contributed by atoms with Crippen molar-refractivity contribution in [2.24, 2.45) is 5.10 Å². The Labute approximate surface area is 268 Å². The van der Waals surface area contributed by atoms with Gasteiger partial charge < -0.3 is 34.3 Å². The molecule has 3 aromatic rings. The highest BCUT2D eigenvalue weighted by atomic mass is 79.9. The van der Waals surface area contributed by atoms with Gasteiger partial charge in [0.1, 0.15) is 6.61 Å². The summed E-state index contributed by atoms with van der Waals surface area (Å²) in [6, 6.07) is 16.9. The number of hydrogen-bond acceptors (Lipinski definition) is 9. The predicted molar refractivity (Wildman–Crippen MR) is 169 cm³/mol. The lowest BCUT2D eigenvalue weighted by Crippen LogP contribution is -2.45. The molecule has 236 valence electrons. The molecule has 0 fully saturated rings. The van der Waals surface area contributed by atoms with E-state index >= 15 is 0 Å². The van der Waals surface area contributed by atoms with Crippen molar-refractivity contribution in [2.75, 3.05) is 27.4 Å². The van der Waals surface area contributed by atoms with Crippen LogP contribution in [0.2, 0.25) is 0 Å². The summed E-state index contributed by atoms with van der Waals surface area (Å²) in [6.45, 7) is 3.52. The molecule has 0 bridgehead atoms. The molecule has 1 heterocycles. The van der Waals surface area contributed by atoms with E-state index in [1.54, 1.807) is 44.2 Å². The predicted octanol–water partition coefficient (Wildman–Crippen LogP) is 4.77. The maximum Gasteiger partial charge on any atom is 0.338 e. The molecule has 13 heteroatoms. The lowest BCUT2D eigenvalue weighted by atomic mass is 9.95. The van der Waals surface area contributed by atoms with E-state index in [1.165, 1.54) is 20.4 Å². The van der Waals surface area contributed by atoms with Crippen molar-refractivity contribution >= 4 is 40.1 Å². The number of methoxy groups -OCH3 is 2. The van der Waals surface area contributed by atoms with Crippen LogP contribution >= 0.6 is 15.9 Å². The second-order valence-corrected chi connectivity index (χ2v) is 10.4. The van der Waals surface area contributed by atoms with E-state index in [0.717, 1.165) is 5.56 Å². The van der Waals surface area contributed by atoms with Crippen LogP contribution in [0.1, 0.15) is 36.6 Å². The van der Waals surface area contributed by atoms with E-state index in [2.05, 4.69) is 37.1 Å². The number of carbonyl (C=O) groups is 3. The Balaban J connectivity index is 1.37. The van der Waals surface area contributed by atoms with Crippen molar-refractivity contribution < 1.29 is 38.1 Å². The van der Waals surface area contributed by atoms with Crippen molar-refractivity contribution in [3.05, 3.63) is 93.1 Å². The molecule has 45 heavy (non-hydrogen) atoms. The number of nitrogens with one attached hydrogen (secondary N) is 3. The molecule has 12 nitrogen and oxygen atoms in total. The first-order valence-corrected chi connectivity index (χ1v) is 14.7. The zero-order chi connectivity index (χ0) is 32.3. The van der Waals surface area contributed by atoms with Gasteiger partial charge in [-0.2, -0.15) is 5.10 Å². The number of rotatable bonds is 13. The molecule has 0 spiro atoms. The van der Waals surface area contributed by atoms with E-state index < -0.39 is 23.9 Å². The summed E-state index contributed by atoms with van der Waals surface area (Å²) in [4.78, 5) is 37.3. The van der Waals surface area contributed by atoms with E-state index in [-0.39, 0.29) is 24.5 Å². The normalized spacial score (nSPS) is 14.3. The number of esters is 1. The molecule has 0 aromatic heterocycles. The third-order valence-corrected chi connectivity index (χ3v) is 7.11. The number of carbonyl (C=O) groups excluding carboxylic acids is 3. The third kappa shape index (κ3) is 8.54. The number of allylic oxidation sites excluding steroid dienone is 1. The first-order chi connectivity index (χ1) is 21.7. The number of hydrogen-bond donors (Lipinski definition) is 3. The second-order valence-electron chi connectivity index (χ2n) is 9.59. The summed E-state index contributed by atoms with van der Waals surface area (Å²) in [5, 5.41) is 9.34. The summed E-state index contributed by atoms with van der Waals surface area (Å²) in [6.07, 6.45) is 1.46. The van der Waals surface area contributed by atoms with Crippen LogP contribution in [0.5, 0.6) is 23.0 Å². The summed E-state index contributed by atoms with van der Waals surface area (Å²) >= 11 is 3.52. The van der Waals surface area contributed by atoms with Crippen LogP contribution in [0.25, 0.3) is 0 Å². The Hall–Kier alpha value is -5.04. The Morgan fingerprint density at radius 3 is 2.47 bits per heavy atom. The fourth-order valence-electron chi connectivity index (χ4n) is 4.44. The largest absolute Gasteiger partial charge is 0.493 e. The Morgan fingerprint density at radius 2 is 1.76 bits per heavy atom. The van der Waals surface area contributed by atoms with Crippen molar-refractivity contribution in [3.8, 4) is 23.0 Å². The number of halogens is 1. The molecule has 3 aromatic carbocycles. The van der Waals surface area contributed by atoms with Gasteiger partial charge in [-0.15, -0.1) is 0 Å². The molecule has 0 saturated heterocycles. The molecule has 1 aliphatic heterocycles. The molecular formula is C32H33BrN4O8. The minimum absolute atomic E-state index is 0.181. The Morgan fingerprint density at radius 1 is 1.00 bits per heavy atom. The van der Waals surface area contributed by atoms with Gasteiger partial charge in [-0.25, -0.2) is 15.0 Å². The standard InChI is InChI=1S/C32H33BrN4O8/c1-5-43-31(39)28-19(2)35-32(40)36-29(28)22-11-12-24(25(15-22)41-3)44-18-27(38)37-34-16-21-13-23(33)30(26(14-21)42-4)45-17-20-9-7-6-8-10-20/h6-16,29H,5,17-18H2,1-4H3,(H,37,38)(H2,35,36,40)/b34-16-/t29-/m0/s1. The van der Waals surface area contributed by atoms with Crippen LogP contribution in [0, 0.1) is 0 Å². The minimum atomic E-state index is -0.776. The maximum absolute atomic E-state index is 12.6. The molecule has 1 aliphatic rings. The average Bonchev–Trinajstić information content (AvgIpc) is 3.03. The first kappa shape index (κ1) is 32.9. The van der Waals surface area contributed by atoms with E-state index in [9.17, 15) is 14.4 Å². The topological polar surface area (TPSA) is 146 Å². The van der Waals surface area contributed by atoms with Gasteiger partial charge in [0, 0.05) is 5.70 Å². The molecule has 3 N–H and O–H groups in total. The fourth-order valence-corrected chi connectivity index (χ4v) is 5.02. The number of urea groups is 1. The molecule has 4 rings (SSSR count). The van der Waals surface area contributed by atoms with Gasteiger partial charge in [0.25, 0.3) is 5.91 Å². The SMILES string of the molecule is CCOC(=O)C1=C(C)NC(=O)N[C@H]1c1ccc(OCC(=O)N/N=C\c2cc(Br)c(OCc3ccccc3)c(OC)c2)c(OC)c1. The van der Waals surface area contributed by atoms with Gasteiger partial charge in [-0.3, -0.25) is 4.79 Å². The number of amides is 3. The third-order valence-electron chi connectivity index (χ3n) is 6.52. The fraction of sp³-hybridized carbons (Fsp3) is 0.250. The van der Waals surface area contributed by atoms with Crippen molar-refractivity contribution in [3.63, 3.8) is 0 Å². The highest BCUT2D eigenvalue weighted by Gasteiger charge is 2.32. The lowest BCUT2D eigenvalue weighted by molar-refractivity contribution is -0.139. The van der Waals surface area contributed by atoms with Crippen molar-refractivity contribution in [2.45, 2.75) is 26.5 Å². The summed E-state index contributed by atoms with van der Waals surface area (Å²) in [5.74, 6) is 0.544. The van der Waals surface area contributed by atoms with Crippen molar-refractivity contribution in [1.29, 1.82) is 0 Å². The monoisotopic (exact) mass is 680 g/mol. The van der Waals surface area contributed by atoms with Gasteiger partial charge >= 0.3 is 12.0 Å². The van der Waals surface area contributed by atoms with Crippen LogP contribution in [-0.4, -0.2) is 51.6 Å². The van der Waals surface area contributed by atoms with E-state index in [1.807, 2.05) is 30.3 Å². The lowest BCUT2D eigenvalue weighted by Gasteiger charge is -2.28. The van der Waals surface area contributed by atoms with Crippen LogP contribution in [-0.2, 0) is 20.9 Å². The van der Waals surface area contributed by atoms with Crippen LogP contribution < -0.4 is 35.0 Å². The van der Waals surface area contributed by atoms with Gasteiger partial charge in [0.15, 0.2) is 29.6 Å². The highest BCUT2D eigenvalue weighted by Crippen LogP contribution is 2.37. The van der Waals surface area contributed by atoms with Gasteiger partial charge in [0.2, 0.25) is 0 Å².